The van der Waals surface area contributed by atoms with Crippen molar-refractivity contribution in [3.63, 3.8) is 0 Å². The van der Waals surface area contributed by atoms with Crippen LogP contribution in [0.5, 0.6) is 0 Å². The molecule has 1 heterocycles. The highest BCUT2D eigenvalue weighted by Gasteiger charge is 2.21. The minimum atomic E-state index is -0.488. The van der Waals surface area contributed by atoms with Gasteiger partial charge in [0.15, 0.2) is 0 Å². The van der Waals surface area contributed by atoms with Gasteiger partial charge in [0.2, 0.25) is 0 Å². The minimum Gasteiger partial charge on any atom is -0.381 e. The van der Waals surface area contributed by atoms with Crippen LogP contribution in [0.2, 0.25) is 0 Å². The molecule has 2 atom stereocenters. The summed E-state index contributed by atoms with van der Waals surface area (Å²) in [4.78, 5) is 0. The third-order valence-corrected chi connectivity index (χ3v) is 2.97. The molecule has 0 saturated carbocycles. The number of anilines is 1. The van der Waals surface area contributed by atoms with Gasteiger partial charge < -0.3 is 10.1 Å². The number of rotatable bonds is 3. The highest BCUT2D eigenvalue weighted by molar-refractivity contribution is 5.57. The Balaban J connectivity index is 2.00. The Morgan fingerprint density at radius 1 is 1.53 bits per heavy atom. The Morgan fingerprint density at radius 3 is 3.00 bits per heavy atom. The van der Waals surface area contributed by atoms with Crippen LogP contribution in [-0.4, -0.2) is 18.8 Å². The second kappa shape index (κ2) is 5.15. The van der Waals surface area contributed by atoms with E-state index in [1.165, 1.54) is 6.07 Å². The van der Waals surface area contributed by atoms with Gasteiger partial charge >= 0.3 is 0 Å². The van der Waals surface area contributed by atoms with E-state index in [1.807, 2.05) is 13.0 Å². The summed E-state index contributed by atoms with van der Waals surface area (Å²) < 4.78 is 19.0. The van der Waals surface area contributed by atoms with Crippen LogP contribution in [0.3, 0.4) is 0 Å². The number of benzene rings is 1. The van der Waals surface area contributed by atoms with Crippen molar-refractivity contribution in [3.8, 4) is 6.07 Å². The van der Waals surface area contributed by atoms with Gasteiger partial charge in [-0.25, -0.2) is 4.39 Å². The van der Waals surface area contributed by atoms with Gasteiger partial charge in [0, 0.05) is 6.54 Å². The summed E-state index contributed by atoms with van der Waals surface area (Å²) in [6.07, 6.45) is 2.51. The number of ether oxygens (including phenoxy) is 1. The molecule has 1 saturated heterocycles. The lowest BCUT2D eigenvalue weighted by Crippen LogP contribution is -2.20. The second-order valence-corrected chi connectivity index (χ2v) is 4.30. The molecule has 2 unspecified atom stereocenters. The third kappa shape index (κ3) is 2.75. The van der Waals surface area contributed by atoms with Gasteiger partial charge in [-0.1, -0.05) is 6.07 Å². The van der Waals surface area contributed by atoms with Crippen molar-refractivity contribution >= 4 is 5.69 Å². The van der Waals surface area contributed by atoms with Crippen LogP contribution in [0.4, 0.5) is 10.1 Å². The first-order valence-electron chi connectivity index (χ1n) is 5.78. The fourth-order valence-corrected chi connectivity index (χ4v) is 2.04. The maximum atomic E-state index is 13.3. The maximum absolute atomic E-state index is 13.3. The summed E-state index contributed by atoms with van der Waals surface area (Å²) in [5.41, 5.74) is 0.606. The molecule has 1 aromatic rings. The Bertz CT molecular complexity index is 442. The van der Waals surface area contributed by atoms with Gasteiger partial charge in [0.25, 0.3) is 0 Å². The summed E-state index contributed by atoms with van der Waals surface area (Å²) >= 11 is 0. The largest absolute Gasteiger partial charge is 0.381 e. The molecule has 2 rings (SSSR count). The third-order valence-electron chi connectivity index (χ3n) is 2.97. The number of hydrogen-bond acceptors (Lipinski definition) is 3. The Kier molecular flexibility index (Phi) is 3.60. The van der Waals surface area contributed by atoms with Crippen LogP contribution in [0.25, 0.3) is 0 Å². The Hall–Kier alpha value is -1.60. The van der Waals surface area contributed by atoms with Crippen LogP contribution >= 0.6 is 0 Å². The molecule has 1 fully saturated rings. The lowest BCUT2D eigenvalue weighted by molar-refractivity contribution is 0.0637. The molecule has 1 aliphatic heterocycles. The van der Waals surface area contributed by atoms with E-state index in [0.29, 0.717) is 18.3 Å². The van der Waals surface area contributed by atoms with E-state index >= 15 is 0 Å². The van der Waals surface area contributed by atoms with Crippen LogP contribution in [0.1, 0.15) is 25.3 Å². The molecular formula is C13H15FN2O. The normalized spacial score (nSPS) is 23.4. The van der Waals surface area contributed by atoms with E-state index < -0.39 is 5.82 Å². The van der Waals surface area contributed by atoms with Gasteiger partial charge in [-0.3, -0.25) is 0 Å². The zero-order chi connectivity index (χ0) is 12.3. The molecule has 1 N–H and O–H groups in total. The monoisotopic (exact) mass is 234 g/mol. The predicted molar refractivity (Wildman–Crippen MR) is 63.2 cm³/mol. The van der Waals surface area contributed by atoms with Crippen LogP contribution in [0, 0.1) is 17.1 Å². The molecule has 90 valence electrons. The van der Waals surface area contributed by atoms with Crippen molar-refractivity contribution in [2.45, 2.75) is 32.0 Å². The van der Waals surface area contributed by atoms with Crippen molar-refractivity contribution in [1.29, 1.82) is 5.26 Å². The zero-order valence-electron chi connectivity index (χ0n) is 9.74. The molecule has 0 aliphatic carbocycles. The van der Waals surface area contributed by atoms with E-state index in [0.717, 1.165) is 12.8 Å². The Morgan fingerprint density at radius 2 is 2.35 bits per heavy atom. The molecule has 17 heavy (non-hydrogen) atoms. The fraction of sp³-hybridized carbons (Fsp3) is 0.462. The maximum Gasteiger partial charge on any atom is 0.143 e. The summed E-state index contributed by atoms with van der Waals surface area (Å²) in [7, 11) is 0. The van der Waals surface area contributed by atoms with E-state index in [9.17, 15) is 4.39 Å². The molecule has 0 amide bonds. The number of nitriles is 1. The van der Waals surface area contributed by atoms with Gasteiger partial charge in [0.1, 0.15) is 17.4 Å². The van der Waals surface area contributed by atoms with Crippen molar-refractivity contribution in [1.82, 2.24) is 0 Å². The fourth-order valence-electron chi connectivity index (χ4n) is 2.04. The van der Waals surface area contributed by atoms with E-state index in [4.69, 9.17) is 10.00 Å². The van der Waals surface area contributed by atoms with Crippen molar-refractivity contribution in [3.05, 3.63) is 29.6 Å². The van der Waals surface area contributed by atoms with Gasteiger partial charge in [-0.15, -0.1) is 0 Å². The highest BCUT2D eigenvalue weighted by atomic mass is 19.1. The lowest BCUT2D eigenvalue weighted by atomic mass is 10.1. The summed E-state index contributed by atoms with van der Waals surface area (Å²) in [5.74, 6) is -0.488. The van der Waals surface area contributed by atoms with Crippen molar-refractivity contribution in [2.75, 3.05) is 11.9 Å². The highest BCUT2D eigenvalue weighted by Crippen LogP contribution is 2.21. The molecule has 4 heteroatoms. The van der Waals surface area contributed by atoms with E-state index in [1.54, 1.807) is 12.1 Å². The van der Waals surface area contributed by atoms with Crippen LogP contribution in [0.15, 0.2) is 18.2 Å². The topological polar surface area (TPSA) is 45.0 Å². The number of nitrogens with zero attached hydrogens (tertiary/aromatic N) is 1. The number of hydrogen-bond donors (Lipinski definition) is 1. The van der Waals surface area contributed by atoms with E-state index in [-0.39, 0.29) is 11.7 Å². The SMILES string of the molecule is CC1CCC(CNc2cccc(F)c2C#N)O1. The quantitative estimate of drug-likeness (QED) is 0.874. The molecule has 0 bridgehead atoms. The standard InChI is InChI=1S/C13H15FN2O/c1-9-5-6-10(17-9)8-16-13-4-2-3-12(14)11(13)7-15/h2-4,9-10,16H,5-6,8H2,1H3. The van der Waals surface area contributed by atoms with Crippen molar-refractivity contribution < 1.29 is 9.13 Å². The first kappa shape index (κ1) is 11.9. The van der Waals surface area contributed by atoms with Crippen molar-refractivity contribution in [2.24, 2.45) is 0 Å². The average molecular weight is 234 g/mol. The predicted octanol–water partition coefficient (Wildman–Crippen LogP) is 2.68. The summed E-state index contributed by atoms with van der Waals surface area (Å²) in [5, 5.41) is 12.0. The zero-order valence-corrected chi connectivity index (χ0v) is 9.74. The second-order valence-electron chi connectivity index (χ2n) is 4.30. The van der Waals surface area contributed by atoms with Crippen LogP contribution < -0.4 is 5.32 Å². The first-order valence-corrected chi connectivity index (χ1v) is 5.78. The van der Waals surface area contributed by atoms with Gasteiger partial charge in [-0.2, -0.15) is 5.26 Å². The molecule has 0 spiro atoms. The number of halogens is 1. The molecule has 1 aromatic carbocycles. The minimum absolute atomic E-state index is 0.0681. The molecular weight excluding hydrogens is 219 g/mol. The molecule has 3 nitrogen and oxygen atoms in total. The Labute approximate surface area is 100 Å². The van der Waals surface area contributed by atoms with Gasteiger partial charge in [0.05, 0.1) is 17.9 Å². The summed E-state index contributed by atoms with van der Waals surface area (Å²) in [6.45, 7) is 2.66. The first-order chi connectivity index (χ1) is 8.20. The molecule has 0 aromatic heterocycles. The van der Waals surface area contributed by atoms with Crippen LogP contribution in [-0.2, 0) is 4.74 Å². The average Bonchev–Trinajstić information content (AvgIpc) is 2.72. The summed E-state index contributed by atoms with van der Waals surface area (Å²) in [6, 6.07) is 6.46. The van der Waals surface area contributed by atoms with Gasteiger partial charge in [-0.05, 0) is 31.9 Å². The number of nitrogens with one attached hydrogen (secondary N) is 1. The smallest absolute Gasteiger partial charge is 0.143 e. The molecule has 0 radical (unpaired) electrons. The lowest BCUT2D eigenvalue weighted by Gasteiger charge is -2.14. The van der Waals surface area contributed by atoms with E-state index in [2.05, 4.69) is 5.32 Å². The molecule has 1 aliphatic rings.